The van der Waals surface area contributed by atoms with E-state index in [4.69, 9.17) is 11.6 Å². The number of hydrogen-bond acceptors (Lipinski definition) is 1. The maximum Gasteiger partial charge on any atom is 0.123 e. The van der Waals surface area contributed by atoms with Crippen molar-refractivity contribution in [3.05, 3.63) is 34.7 Å². The lowest BCUT2D eigenvalue weighted by Crippen LogP contribution is -1.98. The number of aliphatic hydroxyl groups is 1. The van der Waals surface area contributed by atoms with Crippen molar-refractivity contribution >= 4 is 22.5 Å². The van der Waals surface area contributed by atoms with Gasteiger partial charge in [-0.1, -0.05) is 24.9 Å². The molecule has 98 valence electrons. The molecule has 1 N–H and O–H groups in total. The predicted octanol–water partition coefficient (Wildman–Crippen LogP) is 4.29. The summed E-state index contributed by atoms with van der Waals surface area (Å²) in [6.07, 6.45) is 1.35. The number of hydrogen-bond donors (Lipinski definition) is 1. The first-order valence-corrected chi connectivity index (χ1v) is 6.59. The largest absolute Gasteiger partial charge is 0.389 e. The van der Waals surface area contributed by atoms with Crippen molar-refractivity contribution < 1.29 is 9.50 Å². The molecule has 0 fully saturated rings. The van der Waals surface area contributed by atoms with E-state index in [1.165, 1.54) is 12.1 Å². The van der Waals surface area contributed by atoms with Crippen molar-refractivity contribution in [3.8, 4) is 0 Å². The van der Waals surface area contributed by atoms with E-state index in [1.807, 2.05) is 4.57 Å². The number of halogens is 2. The second-order valence-electron chi connectivity index (χ2n) is 4.55. The van der Waals surface area contributed by atoms with Crippen LogP contribution in [0.15, 0.2) is 18.2 Å². The summed E-state index contributed by atoms with van der Waals surface area (Å²) in [5.41, 5.74) is 1.49. The molecule has 2 nitrogen and oxygen atoms in total. The van der Waals surface area contributed by atoms with Gasteiger partial charge in [0.2, 0.25) is 0 Å². The molecular formula is C14H17ClFNO. The summed E-state index contributed by atoms with van der Waals surface area (Å²) in [5.74, 6) is -0.311. The fourth-order valence-electron chi connectivity index (χ4n) is 2.25. The summed E-state index contributed by atoms with van der Waals surface area (Å²) in [6.45, 7) is 4.54. The van der Waals surface area contributed by atoms with Gasteiger partial charge < -0.3 is 9.67 Å². The molecule has 0 saturated heterocycles. The number of aromatic nitrogens is 1. The maximum absolute atomic E-state index is 13.3. The Morgan fingerprint density at radius 2 is 2.17 bits per heavy atom. The minimum atomic E-state index is -0.704. The quantitative estimate of drug-likeness (QED) is 0.880. The lowest BCUT2D eigenvalue weighted by molar-refractivity contribution is 0.200. The van der Waals surface area contributed by atoms with Gasteiger partial charge in [-0.15, -0.1) is 0 Å². The number of fused-ring (bicyclic) bond motifs is 1. The van der Waals surface area contributed by atoms with E-state index in [9.17, 15) is 9.50 Å². The summed E-state index contributed by atoms with van der Waals surface area (Å²) < 4.78 is 15.3. The van der Waals surface area contributed by atoms with Crippen LogP contribution in [0.3, 0.4) is 0 Å². The van der Waals surface area contributed by atoms with Crippen molar-refractivity contribution in [2.24, 2.45) is 0 Å². The summed E-state index contributed by atoms with van der Waals surface area (Å²) in [7, 11) is 0. The molecule has 1 heterocycles. The average molecular weight is 270 g/mol. The summed E-state index contributed by atoms with van der Waals surface area (Å²) in [5, 5.41) is 11.0. The Hall–Kier alpha value is -1.06. The average Bonchev–Trinajstić information content (AvgIpc) is 2.58. The minimum Gasteiger partial charge on any atom is -0.389 e. The first kappa shape index (κ1) is 13.4. The first-order chi connectivity index (χ1) is 8.56. The molecule has 0 bridgehead atoms. The number of aryl methyl sites for hydroxylation is 1. The number of benzene rings is 1. The fourth-order valence-corrected chi connectivity index (χ4v) is 2.69. The zero-order valence-electron chi connectivity index (χ0n) is 10.6. The third kappa shape index (κ3) is 2.25. The van der Waals surface area contributed by atoms with Gasteiger partial charge in [-0.25, -0.2) is 4.39 Å². The molecule has 2 rings (SSSR count). The Morgan fingerprint density at radius 1 is 1.44 bits per heavy atom. The maximum atomic E-state index is 13.3. The fraction of sp³-hybridized carbons (Fsp3) is 0.429. The number of unbranched alkanes of at least 4 members (excludes halogenated alkanes) is 1. The van der Waals surface area contributed by atoms with Crippen LogP contribution in [0.25, 0.3) is 10.9 Å². The number of aliphatic hydroxyl groups excluding tert-OH is 1. The molecule has 1 atom stereocenters. The molecule has 0 aliphatic heterocycles. The number of nitrogens with zero attached hydrogens (tertiary/aromatic N) is 1. The first-order valence-electron chi connectivity index (χ1n) is 6.21. The Kier molecular flexibility index (Phi) is 3.93. The van der Waals surface area contributed by atoms with Crippen molar-refractivity contribution in [2.45, 2.75) is 39.3 Å². The van der Waals surface area contributed by atoms with Gasteiger partial charge in [0.1, 0.15) is 11.0 Å². The van der Waals surface area contributed by atoms with Crippen LogP contribution in [-0.4, -0.2) is 9.67 Å². The van der Waals surface area contributed by atoms with Crippen LogP contribution in [0.4, 0.5) is 4.39 Å². The normalized spacial score (nSPS) is 13.2. The van der Waals surface area contributed by atoms with Gasteiger partial charge in [0.25, 0.3) is 0 Å². The van der Waals surface area contributed by atoms with E-state index in [-0.39, 0.29) is 5.82 Å². The van der Waals surface area contributed by atoms with E-state index in [2.05, 4.69) is 6.92 Å². The Bertz CT molecular complexity index is 562. The molecular weight excluding hydrogens is 253 g/mol. The van der Waals surface area contributed by atoms with Gasteiger partial charge >= 0.3 is 0 Å². The minimum absolute atomic E-state index is 0.311. The van der Waals surface area contributed by atoms with Gasteiger partial charge in [0.15, 0.2) is 0 Å². The summed E-state index contributed by atoms with van der Waals surface area (Å²) in [4.78, 5) is 0. The Labute approximate surface area is 111 Å². The highest BCUT2D eigenvalue weighted by Crippen LogP contribution is 2.35. The highest BCUT2D eigenvalue weighted by Gasteiger charge is 2.19. The second kappa shape index (κ2) is 5.29. The smallest absolute Gasteiger partial charge is 0.123 e. The van der Waals surface area contributed by atoms with Crippen molar-refractivity contribution in [1.82, 2.24) is 4.57 Å². The second-order valence-corrected chi connectivity index (χ2v) is 4.91. The molecule has 0 aliphatic carbocycles. The van der Waals surface area contributed by atoms with Crippen LogP contribution in [0, 0.1) is 5.82 Å². The monoisotopic (exact) mass is 269 g/mol. The van der Waals surface area contributed by atoms with E-state index >= 15 is 0 Å². The van der Waals surface area contributed by atoms with E-state index in [1.54, 1.807) is 13.0 Å². The molecule has 2 aromatic rings. The zero-order chi connectivity index (χ0) is 13.3. The predicted molar refractivity (Wildman–Crippen MR) is 72.4 cm³/mol. The molecule has 1 aromatic heterocycles. The molecule has 0 aliphatic rings. The zero-order valence-corrected chi connectivity index (χ0v) is 11.3. The van der Waals surface area contributed by atoms with Gasteiger partial charge in [-0.05, 0) is 31.5 Å². The molecule has 0 amide bonds. The third-order valence-electron chi connectivity index (χ3n) is 3.15. The van der Waals surface area contributed by atoms with Crippen LogP contribution in [0.1, 0.15) is 38.4 Å². The van der Waals surface area contributed by atoms with Gasteiger partial charge in [-0.2, -0.15) is 0 Å². The Morgan fingerprint density at radius 3 is 2.78 bits per heavy atom. The van der Waals surface area contributed by atoms with Crippen molar-refractivity contribution in [3.63, 3.8) is 0 Å². The van der Waals surface area contributed by atoms with Crippen LogP contribution in [-0.2, 0) is 6.54 Å². The highest BCUT2D eigenvalue weighted by molar-refractivity contribution is 6.32. The third-order valence-corrected chi connectivity index (χ3v) is 3.56. The molecule has 0 spiro atoms. The lowest BCUT2D eigenvalue weighted by atomic mass is 10.1. The topological polar surface area (TPSA) is 25.2 Å². The van der Waals surface area contributed by atoms with Crippen molar-refractivity contribution in [1.29, 1.82) is 0 Å². The molecule has 0 radical (unpaired) electrons. The van der Waals surface area contributed by atoms with Crippen molar-refractivity contribution in [2.75, 3.05) is 0 Å². The molecule has 1 aromatic carbocycles. The standard InChI is InChI=1S/C14H17ClFNO/c1-3-4-7-17-12-6-5-10(16)8-11(12)13(9(2)18)14(17)15/h5-6,8-9,18H,3-4,7H2,1-2H3. The molecule has 0 saturated carbocycles. The lowest BCUT2D eigenvalue weighted by Gasteiger charge is -2.06. The molecule has 4 heteroatoms. The van der Waals surface area contributed by atoms with Gasteiger partial charge in [-0.3, -0.25) is 0 Å². The van der Waals surface area contributed by atoms with E-state index < -0.39 is 6.10 Å². The summed E-state index contributed by atoms with van der Waals surface area (Å²) >= 11 is 6.32. The molecule has 18 heavy (non-hydrogen) atoms. The van der Waals surface area contributed by atoms with Gasteiger partial charge in [0, 0.05) is 23.0 Å². The summed E-state index contributed by atoms with van der Waals surface area (Å²) in [6, 6.07) is 4.58. The molecule has 1 unspecified atom stereocenters. The SMILES string of the molecule is CCCCn1c(Cl)c(C(C)O)c2cc(F)ccc21. The van der Waals surface area contributed by atoms with Crippen LogP contribution >= 0.6 is 11.6 Å². The van der Waals surface area contributed by atoms with Crippen LogP contribution < -0.4 is 0 Å². The number of rotatable bonds is 4. The van der Waals surface area contributed by atoms with Crippen LogP contribution in [0.5, 0.6) is 0 Å². The van der Waals surface area contributed by atoms with Crippen LogP contribution in [0.2, 0.25) is 5.15 Å². The Balaban J connectivity index is 2.66. The van der Waals surface area contributed by atoms with E-state index in [0.717, 1.165) is 24.9 Å². The highest BCUT2D eigenvalue weighted by atomic mass is 35.5. The van der Waals surface area contributed by atoms with E-state index in [0.29, 0.717) is 16.1 Å². The van der Waals surface area contributed by atoms with Gasteiger partial charge in [0.05, 0.1) is 6.10 Å².